The molecule has 12 heavy (non-hydrogen) atoms. The minimum absolute atomic E-state index is 0.119. The van der Waals surface area contributed by atoms with Gasteiger partial charge < -0.3 is 0 Å². The van der Waals surface area contributed by atoms with Crippen molar-refractivity contribution >= 4 is 0 Å². The van der Waals surface area contributed by atoms with Gasteiger partial charge in [-0.05, 0) is 18.2 Å². The molecule has 0 aliphatic heterocycles. The Labute approximate surface area is 72.6 Å². The molecule has 1 aliphatic rings. The molecule has 0 nitrogen and oxygen atoms in total. The van der Waals surface area contributed by atoms with Crippen LogP contribution in [0.3, 0.4) is 0 Å². The largest absolute Gasteiger partial charge is 0.392 e. The highest BCUT2D eigenvalue weighted by Crippen LogP contribution is 2.43. The topological polar surface area (TPSA) is 0 Å². The zero-order chi connectivity index (χ0) is 10.3. The summed E-state index contributed by atoms with van der Waals surface area (Å²) in [4.78, 5) is 0. The van der Waals surface area contributed by atoms with Gasteiger partial charge in [-0.3, -0.25) is 0 Å². The molecule has 0 N–H and O–H groups in total. The van der Waals surface area contributed by atoms with Gasteiger partial charge in [0, 0.05) is 1.37 Å². The van der Waals surface area contributed by atoms with Gasteiger partial charge in [-0.25, -0.2) is 0 Å². The van der Waals surface area contributed by atoms with Crippen molar-refractivity contribution in [2.24, 2.45) is 17.7 Å². The molecule has 2 unspecified atom stereocenters. The van der Waals surface area contributed by atoms with E-state index >= 15 is 0 Å². The second-order valence-corrected chi connectivity index (χ2v) is 3.67. The summed E-state index contributed by atoms with van der Waals surface area (Å²) < 4.78 is 45.2. The van der Waals surface area contributed by atoms with Crippen LogP contribution in [-0.4, -0.2) is 6.18 Å². The Balaban J connectivity index is 2.84. The molecule has 0 aromatic rings. The summed E-state index contributed by atoms with van der Waals surface area (Å²) in [6.45, 7) is 3.15. The van der Waals surface area contributed by atoms with Crippen molar-refractivity contribution < 1.29 is 14.5 Å². The second-order valence-electron chi connectivity index (χ2n) is 3.67. The summed E-state index contributed by atoms with van der Waals surface area (Å²) in [5, 5.41) is 0. The average Bonchev–Trinajstić information content (AvgIpc) is 1.92. The highest BCUT2D eigenvalue weighted by molar-refractivity contribution is 4.81. The monoisotopic (exact) mass is 181 g/mol. The highest BCUT2D eigenvalue weighted by atomic mass is 19.4. The molecule has 1 saturated carbocycles. The number of rotatable bonds is 0. The van der Waals surface area contributed by atoms with Gasteiger partial charge in [-0.2, -0.15) is 13.2 Å². The SMILES string of the molecule is [2H][C@@]1(C)C(C)CCCC1C(F)(F)F. The lowest BCUT2D eigenvalue weighted by molar-refractivity contribution is -0.199. The molecule has 0 spiro atoms. The molecule has 3 heteroatoms. The van der Waals surface area contributed by atoms with E-state index < -0.39 is 18.0 Å². The molecule has 0 bridgehead atoms. The van der Waals surface area contributed by atoms with E-state index in [1.54, 1.807) is 6.92 Å². The van der Waals surface area contributed by atoms with Crippen LogP contribution < -0.4 is 0 Å². The fourth-order valence-corrected chi connectivity index (χ4v) is 1.85. The fraction of sp³-hybridized carbons (Fsp3) is 1.00. The maximum atomic E-state index is 12.5. The van der Waals surface area contributed by atoms with Crippen LogP contribution in [0.2, 0.25) is 0 Å². The zero-order valence-electron chi connectivity index (χ0n) is 8.41. The van der Waals surface area contributed by atoms with Gasteiger partial charge in [0.1, 0.15) is 0 Å². The van der Waals surface area contributed by atoms with E-state index in [1.807, 2.05) is 0 Å². The van der Waals surface area contributed by atoms with Crippen molar-refractivity contribution in [1.82, 2.24) is 0 Å². The van der Waals surface area contributed by atoms with E-state index in [2.05, 4.69) is 0 Å². The van der Waals surface area contributed by atoms with Gasteiger partial charge in [0.05, 0.1) is 5.92 Å². The Morgan fingerprint density at radius 2 is 1.83 bits per heavy atom. The molecule has 1 aliphatic carbocycles. The van der Waals surface area contributed by atoms with Crippen LogP contribution in [0, 0.1) is 17.7 Å². The number of halogens is 3. The van der Waals surface area contributed by atoms with Crippen LogP contribution in [0.4, 0.5) is 13.2 Å². The maximum Gasteiger partial charge on any atom is 0.392 e. The quantitative estimate of drug-likeness (QED) is 0.535. The number of hydrogen-bond donors (Lipinski definition) is 0. The Kier molecular flexibility index (Phi) is 2.28. The third kappa shape index (κ3) is 1.93. The molecule has 0 radical (unpaired) electrons. The first-order valence-corrected chi connectivity index (χ1v) is 4.33. The number of hydrogen-bond acceptors (Lipinski definition) is 0. The molecular weight excluding hydrogens is 165 g/mol. The van der Waals surface area contributed by atoms with Gasteiger partial charge in [0.25, 0.3) is 0 Å². The van der Waals surface area contributed by atoms with Gasteiger partial charge in [-0.15, -0.1) is 0 Å². The molecule has 0 amide bonds. The zero-order valence-corrected chi connectivity index (χ0v) is 7.41. The molecule has 0 saturated heterocycles. The Morgan fingerprint density at radius 3 is 2.25 bits per heavy atom. The molecular formula is C9H15F3. The lowest BCUT2D eigenvalue weighted by Gasteiger charge is -2.35. The van der Waals surface area contributed by atoms with E-state index in [0.717, 1.165) is 6.42 Å². The van der Waals surface area contributed by atoms with Crippen molar-refractivity contribution in [2.75, 3.05) is 0 Å². The van der Waals surface area contributed by atoms with Gasteiger partial charge in [-0.1, -0.05) is 26.7 Å². The van der Waals surface area contributed by atoms with Gasteiger partial charge in [0.2, 0.25) is 0 Å². The van der Waals surface area contributed by atoms with Crippen LogP contribution in [-0.2, 0) is 0 Å². The molecule has 0 heterocycles. The first-order valence-electron chi connectivity index (χ1n) is 4.83. The van der Waals surface area contributed by atoms with Gasteiger partial charge >= 0.3 is 6.18 Å². The van der Waals surface area contributed by atoms with E-state index in [0.29, 0.717) is 6.42 Å². The van der Waals surface area contributed by atoms with Crippen molar-refractivity contribution in [3.8, 4) is 0 Å². The second kappa shape index (κ2) is 3.27. The Hall–Kier alpha value is -0.210. The predicted molar refractivity (Wildman–Crippen MR) is 41.7 cm³/mol. The third-order valence-electron chi connectivity index (χ3n) is 2.85. The van der Waals surface area contributed by atoms with Crippen molar-refractivity contribution in [3.05, 3.63) is 0 Å². The first-order chi connectivity index (χ1) is 5.76. The molecule has 0 aromatic carbocycles. The van der Waals surface area contributed by atoms with Crippen LogP contribution in [0.1, 0.15) is 34.5 Å². The lowest BCUT2D eigenvalue weighted by atomic mass is 9.73. The fourth-order valence-electron chi connectivity index (χ4n) is 1.85. The highest BCUT2D eigenvalue weighted by Gasteiger charge is 2.45. The minimum atomic E-state index is -4.20. The summed E-state index contributed by atoms with van der Waals surface area (Å²) in [6, 6.07) is 0. The normalized spacial score (nSPS) is 45.6. The van der Waals surface area contributed by atoms with E-state index in [9.17, 15) is 13.2 Å². The number of alkyl halides is 3. The Morgan fingerprint density at radius 1 is 1.25 bits per heavy atom. The van der Waals surface area contributed by atoms with E-state index in [-0.39, 0.29) is 12.3 Å². The van der Waals surface area contributed by atoms with Crippen LogP contribution in [0.15, 0.2) is 0 Å². The van der Waals surface area contributed by atoms with E-state index in [1.165, 1.54) is 6.92 Å². The smallest absolute Gasteiger partial charge is 0.171 e. The summed E-state index contributed by atoms with van der Waals surface area (Å²) in [5.41, 5.74) is 0. The van der Waals surface area contributed by atoms with Crippen molar-refractivity contribution in [1.29, 1.82) is 0 Å². The van der Waals surface area contributed by atoms with Crippen LogP contribution in [0.25, 0.3) is 0 Å². The Bertz CT molecular complexity index is 186. The summed E-state index contributed by atoms with van der Waals surface area (Å²) in [7, 11) is 0. The first kappa shape index (κ1) is 8.39. The summed E-state index contributed by atoms with van der Waals surface area (Å²) >= 11 is 0. The summed E-state index contributed by atoms with van der Waals surface area (Å²) in [5.74, 6) is -2.94. The molecule has 3 atom stereocenters. The molecule has 72 valence electrons. The molecule has 0 aromatic heterocycles. The van der Waals surface area contributed by atoms with E-state index in [4.69, 9.17) is 1.37 Å². The molecule has 1 rings (SSSR count). The maximum absolute atomic E-state index is 12.5. The minimum Gasteiger partial charge on any atom is -0.171 e. The predicted octanol–water partition coefficient (Wildman–Crippen LogP) is 3.62. The van der Waals surface area contributed by atoms with Crippen molar-refractivity contribution in [3.63, 3.8) is 0 Å². The van der Waals surface area contributed by atoms with Crippen LogP contribution in [0.5, 0.6) is 0 Å². The van der Waals surface area contributed by atoms with Gasteiger partial charge in [0.15, 0.2) is 0 Å². The third-order valence-corrected chi connectivity index (χ3v) is 2.85. The summed E-state index contributed by atoms with van der Waals surface area (Å²) in [6.07, 6.45) is -2.74. The standard InChI is InChI=1S/C9H15F3/c1-6-4-3-5-8(7(6)2)9(10,11)12/h6-8H,3-5H2,1-2H3/t6?,7-,8?/m1/s1/i7D. The average molecular weight is 181 g/mol. The molecule has 1 fully saturated rings. The van der Waals surface area contributed by atoms with Crippen LogP contribution >= 0.6 is 0 Å². The lowest BCUT2D eigenvalue weighted by Crippen LogP contribution is -2.35. The van der Waals surface area contributed by atoms with Crippen molar-refractivity contribution in [2.45, 2.75) is 39.3 Å².